The van der Waals surface area contributed by atoms with Crippen molar-refractivity contribution in [3.05, 3.63) is 24.3 Å². The van der Waals surface area contributed by atoms with Gasteiger partial charge in [-0.25, -0.2) is 0 Å². The van der Waals surface area contributed by atoms with Crippen molar-refractivity contribution < 1.29 is 14.3 Å². The smallest absolute Gasteiger partial charge is 0.311 e. The Hall–Kier alpha value is -2.04. The molecule has 2 rings (SSSR count). The zero-order chi connectivity index (χ0) is 14.7. The van der Waals surface area contributed by atoms with Crippen molar-refractivity contribution in [1.82, 2.24) is 0 Å². The molecule has 1 aromatic carbocycles. The number of amides is 1. The minimum atomic E-state index is -0.351. The minimum absolute atomic E-state index is 0.0272. The van der Waals surface area contributed by atoms with Crippen LogP contribution < -0.4 is 9.80 Å². The van der Waals surface area contributed by atoms with E-state index in [1.165, 1.54) is 0 Å². The van der Waals surface area contributed by atoms with Crippen LogP contribution in [0.15, 0.2) is 24.3 Å². The van der Waals surface area contributed by atoms with Gasteiger partial charge in [0.05, 0.1) is 12.5 Å². The van der Waals surface area contributed by atoms with Gasteiger partial charge in [0.2, 0.25) is 5.91 Å². The molecule has 20 heavy (non-hydrogen) atoms. The molecule has 5 heteroatoms. The number of hydrogen-bond acceptors (Lipinski definition) is 4. The van der Waals surface area contributed by atoms with Gasteiger partial charge >= 0.3 is 5.97 Å². The van der Waals surface area contributed by atoms with Gasteiger partial charge in [-0.05, 0) is 31.2 Å². The van der Waals surface area contributed by atoms with Gasteiger partial charge in [0.1, 0.15) is 0 Å². The first kappa shape index (κ1) is 14.4. The van der Waals surface area contributed by atoms with Crippen LogP contribution in [0.5, 0.6) is 0 Å². The molecule has 0 aliphatic carbocycles. The SMILES string of the molecule is CCOC(=O)C1CC(=O)N(c2ccc(N(C)C)cc2)C1. The molecular formula is C15H20N2O3. The van der Waals surface area contributed by atoms with Gasteiger partial charge in [0.25, 0.3) is 0 Å². The highest BCUT2D eigenvalue weighted by Gasteiger charge is 2.35. The molecule has 1 aromatic rings. The standard InChI is InChI=1S/C15H20N2O3/c1-4-20-15(19)11-9-14(18)17(10-11)13-7-5-12(6-8-13)16(2)3/h5-8,11H,4,9-10H2,1-3H3. The molecule has 0 N–H and O–H groups in total. The summed E-state index contributed by atoms with van der Waals surface area (Å²) in [4.78, 5) is 27.4. The number of ether oxygens (including phenoxy) is 1. The number of benzene rings is 1. The van der Waals surface area contributed by atoms with Crippen molar-refractivity contribution >= 4 is 23.3 Å². The maximum Gasteiger partial charge on any atom is 0.311 e. The second-order valence-electron chi connectivity index (χ2n) is 5.07. The summed E-state index contributed by atoms with van der Waals surface area (Å²) >= 11 is 0. The summed E-state index contributed by atoms with van der Waals surface area (Å²) < 4.78 is 4.98. The summed E-state index contributed by atoms with van der Waals surface area (Å²) in [5.41, 5.74) is 1.90. The van der Waals surface area contributed by atoms with Gasteiger partial charge in [-0.3, -0.25) is 9.59 Å². The molecule has 0 aromatic heterocycles. The molecule has 1 atom stereocenters. The van der Waals surface area contributed by atoms with Gasteiger partial charge in [-0.1, -0.05) is 0 Å². The van der Waals surface area contributed by atoms with Gasteiger partial charge < -0.3 is 14.5 Å². The average molecular weight is 276 g/mol. The third-order valence-electron chi connectivity index (χ3n) is 3.42. The molecule has 108 valence electrons. The number of hydrogen-bond donors (Lipinski definition) is 0. The highest BCUT2D eigenvalue weighted by Crippen LogP contribution is 2.27. The summed E-state index contributed by atoms with van der Waals surface area (Å²) in [6, 6.07) is 7.72. The molecule has 1 saturated heterocycles. The lowest BCUT2D eigenvalue weighted by atomic mass is 10.1. The zero-order valence-electron chi connectivity index (χ0n) is 12.1. The van der Waals surface area contributed by atoms with E-state index >= 15 is 0 Å². The van der Waals surface area contributed by atoms with Crippen LogP contribution in [-0.2, 0) is 14.3 Å². The molecule has 0 radical (unpaired) electrons. The van der Waals surface area contributed by atoms with Crippen LogP contribution in [0.1, 0.15) is 13.3 Å². The van der Waals surface area contributed by atoms with E-state index in [0.29, 0.717) is 13.2 Å². The van der Waals surface area contributed by atoms with E-state index in [-0.39, 0.29) is 24.2 Å². The molecule has 1 fully saturated rings. The first-order valence-electron chi connectivity index (χ1n) is 6.77. The predicted octanol–water partition coefficient (Wildman–Crippen LogP) is 1.67. The van der Waals surface area contributed by atoms with E-state index in [1.807, 2.05) is 43.3 Å². The van der Waals surface area contributed by atoms with Crippen LogP contribution in [0.3, 0.4) is 0 Å². The number of carbonyl (C=O) groups excluding carboxylic acids is 2. The van der Waals surface area contributed by atoms with E-state index < -0.39 is 0 Å². The first-order chi connectivity index (χ1) is 9.52. The topological polar surface area (TPSA) is 49.9 Å². The molecule has 1 heterocycles. The monoisotopic (exact) mass is 276 g/mol. The zero-order valence-corrected chi connectivity index (χ0v) is 12.1. The van der Waals surface area contributed by atoms with Crippen LogP contribution in [-0.4, -0.2) is 39.1 Å². The normalized spacial score (nSPS) is 18.2. The summed E-state index contributed by atoms with van der Waals surface area (Å²) in [6.45, 7) is 2.52. The maximum absolute atomic E-state index is 12.0. The lowest BCUT2D eigenvalue weighted by Gasteiger charge is -2.18. The third-order valence-corrected chi connectivity index (χ3v) is 3.42. The molecule has 1 amide bonds. The van der Waals surface area contributed by atoms with Crippen LogP contribution in [0.4, 0.5) is 11.4 Å². The second-order valence-corrected chi connectivity index (χ2v) is 5.07. The Morgan fingerprint density at radius 2 is 2.00 bits per heavy atom. The Morgan fingerprint density at radius 3 is 2.55 bits per heavy atom. The second kappa shape index (κ2) is 5.94. The summed E-state index contributed by atoms with van der Waals surface area (Å²) in [7, 11) is 3.93. The highest BCUT2D eigenvalue weighted by atomic mass is 16.5. The van der Waals surface area contributed by atoms with E-state index in [1.54, 1.807) is 11.8 Å². The first-order valence-corrected chi connectivity index (χ1v) is 6.77. The van der Waals surface area contributed by atoms with E-state index in [9.17, 15) is 9.59 Å². The maximum atomic E-state index is 12.0. The van der Waals surface area contributed by atoms with Crippen LogP contribution >= 0.6 is 0 Å². The van der Waals surface area contributed by atoms with Crippen molar-refractivity contribution in [1.29, 1.82) is 0 Å². The number of esters is 1. The summed E-state index contributed by atoms with van der Waals surface area (Å²) in [6.07, 6.45) is 0.230. The van der Waals surface area contributed by atoms with Gasteiger partial charge in [0.15, 0.2) is 0 Å². The molecule has 5 nitrogen and oxygen atoms in total. The molecule has 1 aliphatic heterocycles. The number of rotatable bonds is 4. The van der Waals surface area contributed by atoms with Crippen molar-refractivity contribution in [3.8, 4) is 0 Å². The molecule has 1 aliphatic rings. The van der Waals surface area contributed by atoms with Crippen molar-refractivity contribution in [2.75, 3.05) is 37.0 Å². The fourth-order valence-electron chi connectivity index (χ4n) is 2.31. The summed E-state index contributed by atoms with van der Waals surface area (Å²) in [5, 5.41) is 0. The Bertz CT molecular complexity index is 496. The van der Waals surface area contributed by atoms with Crippen LogP contribution in [0, 0.1) is 5.92 Å². The van der Waals surface area contributed by atoms with E-state index in [2.05, 4.69) is 0 Å². The molecular weight excluding hydrogens is 256 g/mol. The highest BCUT2D eigenvalue weighted by molar-refractivity contribution is 5.99. The van der Waals surface area contributed by atoms with Crippen molar-refractivity contribution in [2.45, 2.75) is 13.3 Å². The third kappa shape index (κ3) is 2.92. The Kier molecular flexibility index (Phi) is 4.27. The Morgan fingerprint density at radius 1 is 1.35 bits per heavy atom. The predicted molar refractivity (Wildman–Crippen MR) is 77.9 cm³/mol. The van der Waals surface area contributed by atoms with Crippen molar-refractivity contribution in [3.63, 3.8) is 0 Å². The Labute approximate surface area is 119 Å². The number of nitrogens with zero attached hydrogens (tertiary/aromatic N) is 2. The fourth-order valence-corrected chi connectivity index (χ4v) is 2.31. The van der Waals surface area contributed by atoms with Gasteiger partial charge in [0, 0.05) is 38.4 Å². The largest absolute Gasteiger partial charge is 0.466 e. The Balaban J connectivity index is 2.09. The lowest BCUT2D eigenvalue weighted by molar-refractivity contribution is -0.147. The van der Waals surface area contributed by atoms with E-state index in [4.69, 9.17) is 4.74 Å². The van der Waals surface area contributed by atoms with Crippen LogP contribution in [0.25, 0.3) is 0 Å². The lowest BCUT2D eigenvalue weighted by Crippen LogP contribution is -2.26. The van der Waals surface area contributed by atoms with E-state index in [0.717, 1.165) is 11.4 Å². The van der Waals surface area contributed by atoms with Gasteiger partial charge in [-0.15, -0.1) is 0 Å². The number of carbonyl (C=O) groups is 2. The quantitative estimate of drug-likeness (QED) is 0.785. The van der Waals surface area contributed by atoms with Gasteiger partial charge in [-0.2, -0.15) is 0 Å². The molecule has 0 saturated carbocycles. The van der Waals surface area contributed by atoms with Crippen molar-refractivity contribution in [2.24, 2.45) is 5.92 Å². The summed E-state index contributed by atoms with van der Waals surface area (Å²) in [5.74, 6) is -0.662. The van der Waals surface area contributed by atoms with Crippen LogP contribution in [0.2, 0.25) is 0 Å². The molecule has 1 unspecified atom stereocenters. The molecule has 0 spiro atoms. The number of anilines is 2. The molecule has 0 bridgehead atoms. The average Bonchev–Trinajstić information content (AvgIpc) is 2.81. The fraction of sp³-hybridized carbons (Fsp3) is 0.467. The minimum Gasteiger partial charge on any atom is -0.466 e.